The molecule has 0 saturated heterocycles. The Kier molecular flexibility index (Phi) is 3.71. The Bertz CT molecular complexity index is 1550. The molecule has 0 fully saturated rings. The third-order valence-electron chi connectivity index (χ3n) is 6.17. The van der Waals surface area contributed by atoms with E-state index in [1.54, 1.807) is 54.6 Å². The molecule has 6 rings (SSSR count). The molecular weight excluding hydrogens is 430 g/mol. The summed E-state index contributed by atoms with van der Waals surface area (Å²) >= 11 is 0. The van der Waals surface area contributed by atoms with E-state index < -0.39 is 24.9 Å². The van der Waals surface area contributed by atoms with Gasteiger partial charge in [-0.05, 0) is 47.0 Å². The van der Waals surface area contributed by atoms with Gasteiger partial charge in [-0.2, -0.15) is 0 Å². The van der Waals surface area contributed by atoms with Crippen molar-refractivity contribution in [1.82, 2.24) is 0 Å². The summed E-state index contributed by atoms with van der Waals surface area (Å²) in [4.78, 5) is 0.806. The van der Waals surface area contributed by atoms with Crippen molar-refractivity contribution in [3.8, 4) is 0 Å². The fourth-order valence-electron chi connectivity index (χ4n) is 4.67. The zero-order valence-electron chi connectivity index (χ0n) is 16.2. The maximum atomic E-state index is 13.2. The molecule has 1 N–H and O–H groups in total. The maximum absolute atomic E-state index is 13.2. The van der Waals surface area contributed by atoms with Crippen LogP contribution in [0.3, 0.4) is 0 Å². The highest BCUT2D eigenvalue weighted by Crippen LogP contribution is 2.46. The van der Waals surface area contributed by atoms with Crippen LogP contribution in [0, 0.1) is 0 Å². The van der Waals surface area contributed by atoms with E-state index in [0.29, 0.717) is 27.4 Å². The van der Waals surface area contributed by atoms with Gasteiger partial charge in [-0.15, -0.1) is 0 Å². The molecule has 5 nitrogen and oxygen atoms in total. The van der Waals surface area contributed by atoms with Gasteiger partial charge in [-0.1, -0.05) is 54.6 Å². The molecule has 2 aliphatic heterocycles. The van der Waals surface area contributed by atoms with Crippen LogP contribution in [0.5, 0.6) is 0 Å². The molecule has 0 bridgehead atoms. The third kappa shape index (κ3) is 2.53. The highest BCUT2D eigenvalue weighted by Gasteiger charge is 2.43. The lowest BCUT2D eigenvalue weighted by Crippen LogP contribution is -2.20. The monoisotopic (exact) mass is 447 g/mol. The zero-order valence-corrected chi connectivity index (χ0v) is 17.8. The molecule has 0 amide bonds. The number of rotatable bonds is 1. The first-order valence-electron chi connectivity index (χ1n) is 9.86. The molecule has 3 aliphatic rings. The molecule has 2 atom stereocenters. The van der Waals surface area contributed by atoms with Gasteiger partial charge in [-0.3, -0.25) is 0 Å². The lowest BCUT2D eigenvalue weighted by molar-refractivity contribution is 0.591. The van der Waals surface area contributed by atoms with Crippen molar-refractivity contribution in [2.24, 2.45) is 0 Å². The van der Waals surface area contributed by atoms with Crippen LogP contribution in [-0.4, -0.2) is 22.1 Å². The Morgan fingerprint density at radius 3 is 2.29 bits per heavy atom. The molecule has 0 aromatic heterocycles. The number of anilines is 2. The summed E-state index contributed by atoms with van der Waals surface area (Å²) in [5.41, 5.74) is 3.26. The Morgan fingerprint density at radius 2 is 1.45 bits per heavy atom. The molecule has 1 aliphatic carbocycles. The smallest absolute Gasteiger partial charge is 0.210 e. The summed E-state index contributed by atoms with van der Waals surface area (Å²) in [6, 6.07) is 19.1. The van der Waals surface area contributed by atoms with Crippen LogP contribution < -0.4 is 5.32 Å². The number of hydrogen-bond donors (Lipinski definition) is 1. The number of para-hydroxylation sites is 1. The predicted octanol–water partition coefficient (Wildman–Crippen LogP) is 4.47. The Hall–Kier alpha value is -3.16. The zero-order chi connectivity index (χ0) is 21.4. The number of sulfone groups is 2. The highest BCUT2D eigenvalue weighted by atomic mass is 32.2. The second kappa shape index (κ2) is 6.18. The molecule has 2 heterocycles. The van der Waals surface area contributed by atoms with E-state index in [0.717, 1.165) is 5.56 Å². The molecule has 0 radical (unpaired) electrons. The first-order valence-corrected chi connectivity index (χ1v) is 12.9. The maximum Gasteiger partial charge on any atom is 0.210 e. The van der Waals surface area contributed by atoms with Crippen molar-refractivity contribution in [3.05, 3.63) is 96.1 Å². The van der Waals surface area contributed by atoms with Gasteiger partial charge in [0.25, 0.3) is 0 Å². The molecule has 0 saturated carbocycles. The van der Waals surface area contributed by atoms with Crippen LogP contribution in [0.2, 0.25) is 0 Å². The second-order valence-corrected chi connectivity index (χ2v) is 11.9. The van der Waals surface area contributed by atoms with Gasteiger partial charge in [-0.25, -0.2) is 16.8 Å². The fraction of sp³-hybridized carbons (Fsp3) is 0.0833. The van der Waals surface area contributed by atoms with Crippen LogP contribution in [0.1, 0.15) is 17.0 Å². The van der Waals surface area contributed by atoms with E-state index >= 15 is 0 Å². The van der Waals surface area contributed by atoms with Crippen LogP contribution in [0.25, 0.3) is 5.57 Å². The minimum atomic E-state index is -3.68. The molecule has 0 spiro atoms. The van der Waals surface area contributed by atoms with Crippen LogP contribution in [0.4, 0.5) is 11.4 Å². The average molecular weight is 448 g/mol. The number of fused-ring (bicyclic) bond motifs is 5. The third-order valence-corrected chi connectivity index (χ3v) is 10.2. The van der Waals surface area contributed by atoms with Gasteiger partial charge < -0.3 is 5.32 Å². The van der Waals surface area contributed by atoms with Crippen molar-refractivity contribution in [2.45, 2.75) is 25.9 Å². The summed E-state index contributed by atoms with van der Waals surface area (Å²) in [5, 5.41) is 2.49. The van der Waals surface area contributed by atoms with E-state index in [9.17, 15) is 16.8 Å². The molecular formula is C24H17NO4S2. The van der Waals surface area contributed by atoms with Crippen LogP contribution in [0.15, 0.2) is 99.6 Å². The van der Waals surface area contributed by atoms with Crippen molar-refractivity contribution in [3.63, 3.8) is 0 Å². The van der Waals surface area contributed by atoms with Gasteiger partial charge in [0.2, 0.25) is 9.84 Å². The lowest BCUT2D eigenvalue weighted by atomic mass is 9.88. The Morgan fingerprint density at radius 1 is 0.742 bits per heavy atom. The van der Waals surface area contributed by atoms with Crippen LogP contribution in [-0.2, 0) is 19.7 Å². The Labute approximate surface area is 180 Å². The SMILES string of the molecule is O=S1(=O)c2ccccc2Nc2ccc(C3=CC4C(C=C3)c3ccccc3S4(=O)=O)cc21. The molecule has 2 unspecified atom stereocenters. The molecule has 154 valence electrons. The number of hydrogen-bond acceptors (Lipinski definition) is 5. The molecule has 31 heavy (non-hydrogen) atoms. The summed E-state index contributed by atoms with van der Waals surface area (Å²) in [6.45, 7) is 0. The van der Waals surface area contributed by atoms with E-state index in [1.807, 2.05) is 30.4 Å². The summed E-state index contributed by atoms with van der Waals surface area (Å²) < 4.78 is 52.6. The van der Waals surface area contributed by atoms with Gasteiger partial charge >= 0.3 is 0 Å². The van der Waals surface area contributed by atoms with Crippen molar-refractivity contribution < 1.29 is 16.8 Å². The van der Waals surface area contributed by atoms with Gasteiger partial charge in [0.05, 0.1) is 31.3 Å². The number of nitrogens with one attached hydrogen (secondary N) is 1. The lowest BCUT2D eigenvalue weighted by Gasteiger charge is -2.23. The first kappa shape index (κ1) is 18.6. The molecule has 3 aromatic carbocycles. The van der Waals surface area contributed by atoms with Crippen LogP contribution >= 0.6 is 0 Å². The van der Waals surface area contributed by atoms with Gasteiger partial charge in [0, 0.05) is 5.92 Å². The van der Waals surface area contributed by atoms with Crippen molar-refractivity contribution in [1.29, 1.82) is 0 Å². The quantitative estimate of drug-likeness (QED) is 0.466. The second-order valence-electron chi connectivity index (χ2n) is 7.89. The Balaban J connectivity index is 1.46. The van der Waals surface area contributed by atoms with Gasteiger partial charge in [0.15, 0.2) is 9.84 Å². The van der Waals surface area contributed by atoms with E-state index in [1.165, 1.54) is 0 Å². The minimum absolute atomic E-state index is 0.192. The highest BCUT2D eigenvalue weighted by molar-refractivity contribution is 7.92. The fourth-order valence-corrected chi connectivity index (χ4v) is 8.30. The van der Waals surface area contributed by atoms with Crippen molar-refractivity contribution >= 4 is 36.6 Å². The van der Waals surface area contributed by atoms with E-state index in [4.69, 9.17) is 0 Å². The van der Waals surface area contributed by atoms with Gasteiger partial charge in [0.1, 0.15) is 0 Å². The number of benzene rings is 3. The normalized spacial score (nSPS) is 23.5. The van der Waals surface area contributed by atoms with E-state index in [-0.39, 0.29) is 15.7 Å². The molecule has 3 aromatic rings. The first-order chi connectivity index (χ1) is 14.9. The predicted molar refractivity (Wildman–Crippen MR) is 119 cm³/mol. The summed E-state index contributed by atoms with van der Waals surface area (Å²) in [6.07, 6.45) is 5.54. The minimum Gasteiger partial charge on any atom is -0.353 e. The molecule has 7 heteroatoms. The average Bonchev–Trinajstić information content (AvgIpc) is 3.01. The standard InChI is InChI=1S/C24H17NO4S2/c26-30(27)21-7-3-1-5-17(21)18-11-9-15(13-23(18)30)16-10-12-20-24(14-16)31(28,29)22-8-4-2-6-19(22)25-20/h1-14,18,23,25H. The summed E-state index contributed by atoms with van der Waals surface area (Å²) in [5.74, 6) is -0.222. The topological polar surface area (TPSA) is 80.3 Å². The largest absolute Gasteiger partial charge is 0.353 e. The number of allylic oxidation sites excluding steroid dienone is 3. The summed E-state index contributed by atoms with van der Waals surface area (Å²) in [7, 11) is -7.16. The van der Waals surface area contributed by atoms with Crippen molar-refractivity contribution in [2.75, 3.05) is 5.32 Å². The van der Waals surface area contributed by atoms with E-state index in [2.05, 4.69) is 5.32 Å².